The molecule has 0 aromatic heterocycles. The second-order valence-electron chi connectivity index (χ2n) is 4.43. The Morgan fingerprint density at radius 2 is 1.95 bits per heavy atom. The molecule has 0 atom stereocenters. The van der Waals surface area contributed by atoms with Crippen molar-refractivity contribution in [2.75, 3.05) is 19.8 Å². The normalized spacial score (nSPS) is 18.4. The third kappa shape index (κ3) is 3.51. The first-order valence-electron chi connectivity index (χ1n) is 5.95. The van der Waals surface area contributed by atoms with Crippen LogP contribution in [0.4, 0.5) is 8.78 Å². The second kappa shape index (κ2) is 5.72. The van der Waals surface area contributed by atoms with E-state index in [1.165, 1.54) is 0 Å². The molecular weight excluding hydrogens is 294 g/mol. The van der Waals surface area contributed by atoms with Crippen LogP contribution in [0.25, 0.3) is 0 Å². The molecule has 1 aromatic rings. The van der Waals surface area contributed by atoms with Gasteiger partial charge in [0.2, 0.25) is 0 Å². The Labute approximate surface area is 115 Å². The van der Waals surface area contributed by atoms with Crippen molar-refractivity contribution in [3.05, 3.63) is 29.8 Å². The number of halogens is 2. The molecule has 8 heteroatoms. The van der Waals surface area contributed by atoms with Gasteiger partial charge in [-0.1, -0.05) is 0 Å². The topological polar surface area (TPSA) is 61.8 Å². The molecule has 0 saturated carbocycles. The van der Waals surface area contributed by atoms with Crippen molar-refractivity contribution in [1.29, 1.82) is 0 Å². The Morgan fingerprint density at radius 1 is 1.30 bits per heavy atom. The first kappa shape index (κ1) is 15.3. The molecule has 0 aliphatic carbocycles. The molecule has 20 heavy (non-hydrogen) atoms. The van der Waals surface area contributed by atoms with Crippen molar-refractivity contribution in [2.24, 2.45) is 0 Å². The van der Waals surface area contributed by atoms with E-state index in [0.717, 1.165) is 12.1 Å². The molecule has 0 amide bonds. The van der Waals surface area contributed by atoms with Crippen molar-refractivity contribution in [3.8, 4) is 0 Å². The first-order valence-corrected chi connectivity index (χ1v) is 7.36. The molecule has 5 nitrogen and oxygen atoms in total. The van der Waals surface area contributed by atoms with Crippen LogP contribution in [0.1, 0.15) is 13.3 Å². The molecule has 1 fully saturated rings. The summed E-state index contributed by atoms with van der Waals surface area (Å²) in [6.45, 7) is 2.29. The minimum Gasteiger partial charge on any atom is -0.348 e. The molecule has 1 aromatic carbocycles. The summed E-state index contributed by atoms with van der Waals surface area (Å²) in [5.74, 6) is -2.94. The molecule has 1 heterocycles. The maximum absolute atomic E-state index is 13.4. The highest BCUT2D eigenvalue weighted by Crippen LogP contribution is 2.24. The summed E-state index contributed by atoms with van der Waals surface area (Å²) < 4.78 is 65.0. The van der Waals surface area contributed by atoms with E-state index in [2.05, 4.69) is 0 Å². The van der Waals surface area contributed by atoms with Gasteiger partial charge in [-0.15, -0.1) is 0 Å². The summed E-state index contributed by atoms with van der Waals surface area (Å²) in [5.41, 5.74) is 0. The van der Waals surface area contributed by atoms with E-state index in [4.69, 9.17) is 13.7 Å². The highest BCUT2D eigenvalue weighted by molar-refractivity contribution is 7.86. The van der Waals surface area contributed by atoms with Gasteiger partial charge in [-0.3, -0.25) is 4.18 Å². The zero-order valence-corrected chi connectivity index (χ0v) is 11.6. The van der Waals surface area contributed by atoms with E-state index >= 15 is 0 Å². The average Bonchev–Trinajstić information content (AvgIpc) is 2.75. The smallest absolute Gasteiger partial charge is 0.299 e. The van der Waals surface area contributed by atoms with Crippen LogP contribution >= 0.6 is 0 Å². The van der Waals surface area contributed by atoms with Crippen LogP contribution in [0.5, 0.6) is 0 Å². The van der Waals surface area contributed by atoms with Crippen molar-refractivity contribution >= 4 is 10.1 Å². The maximum Gasteiger partial charge on any atom is 0.299 e. The second-order valence-corrected chi connectivity index (χ2v) is 6.02. The molecular formula is C12H14F2O5S. The van der Waals surface area contributed by atoms with Crippen molar-refractivity contribution in [2.45, 2.75) is 24.0 Å². The van der Waals surface area contributed by atoms with Gasteiger partial charge in [-0.25, -0.2) is 8.78 Å². The first-order chi connectivity index (χ1) is 9.32. The lowest BCUT2D eigenvalue weighted by molar-refractivity contribution is -0.150. The Morgan fingerprint density at radius 3 is 2.55 bits per heavy atom. The zero-order chi connectivity index (χ0) is 14.8. The lowest BCUT2D eigenvalue weighted by Gasteiger charge is -2.21. The van der Waals surface area contributed by atoms with Crippen molar-refractivity contribution in [1.82, 2.24) is 0 Å². The number of rotatable bonds is 5. The molecule has 112 valence electrons. The summed E-state index contributed by atoms with van der Waals surface area (Å²) in [7, 11) is -4.28. The van der Waals surface area contributed by atoms with Crippen molar-refractivity contribution < 1.29 is 30.9 Å². The molecule has 2 rings (SSSR count). The van der Waals surface area contributed by atoms with Crippen LogP contribution in [0.15, 0.2) is 23.1 Å². The molecule has 0 N–H and O–H groups in total. The predicted octanol–water partition coefficient (Wildman–Crippen LogP) is 1.82. The Hall–Kier alpha value is -1.09. The van der Waals surface area contributed by atoms with Gasteiger partial charge in [0.05, 0.1) is 19.8 Å². The Bertz CT molecular complexity index is 582. The summed E-state index contributed by atoms with van der Waals surface area (Å²) in [6, 6.07) is 2.16. The number of hydrogen-bond acceptors (Lipinski definition) is 5. The minimum absolute atomic E-state index is 0.176. The largest absolute Gasteiger partial charge is 0.348 e. The molecule has 0 spiro atoms. The fourth-order valence-corrected chi connectivity index (χ4v) is 2.74. The highest BCUT2D eigenvalue weighted by Gasteiger charge is 2.31. The minimum atomic E-state index is -4.28. The fourth-order valence-electron chi connectivity index (χ4n) is 1.78. The van der Waals surface area contributed by atoms with E-state index in [0.29, 0.717) is 19.3 Å². The van der Waals surface area contributed by atoms with Crippen LogP contribution < -0.4 is 0 Å². The van der Waals surface area contributed by atoms with Gasteiger partial charge < -0.3 is 9.47 Å². The summed E-state index contributed by atoms with van der Waals surface area (Å²) in [5, 5.41) is 0. The lowest BCUT2D eigenvalue weighted by atomic mass is 10.2. The van der Waals surface area contributed by atoms with E-state index in [1.54, 1.807) is 6.92 Å². The third-order valence-electron chi connectivity index (χ3n) is 2.86. The monoisotopic (exact) mass is 308 g/mol. The quantitative estimate of drug-likeness (QED) is 0.777. The van der Waals surface area contributed by atoms with E-state index in [9.17, 15) is 17.2 Å². The van der Waals surface area contributed by atoms with Gasteiger partial charge in [-0.2, -0.15) is 8.42 Å². The van der Waals surface area contributed by atoms with Gasteiger partial charge in [0.1, 0.15) is 16.5 Å². The number of ether oxygens (including phenoxy) is 2. The summed E-state index contributed by atoms with van der Waals surface area (Å²) in [6.07, 6.45) is 0.176. The number of hydrogen-bond donors (Lipinski definition) is 0. The predicted molar refractivity (Wildman–Crippen MR) is 64.4 cm³/mol. The Balaban J connectivity index is 2.00. The fraction of sp³-hybridized carbons (Fsp3) is 0.500. The van der Waals surface area contributed by atoms with Gasteiger partial charge >= 0.3 is 0 Å². The SMILES string of the molecule is CC1(CCOS(=O)(=O)c2ccc(F)cc2F)OCCO1. The van der Waals surface area contributed by atoms with Crippen LogP contribution in [0.2, 0.25) is 0 Å². The van der Waals surface area contributed by atoms with Crippen LogP contribution in [-0.2, 0) is 23.8 Å². The summed E-state index contributed by atoms with van der Waals surface area (Å²) >= 11 is 0. The van der Waals surface area contributed by atoms with E-state index in [1.807, 2.05) is 0 Å². The zero-order valence-electron chi connectivity index (χ0n) is 10.8. The lowest BCUT2D eigenvalue weighted by Crippen LogP contribution is -2.28. The van der Waals surface area contributed by atoms with Crippen LogP contribution in [0, 0.1) is 11.6 Å². The van der Waals surface area contributed by atoms with Gasteiger partial charge in [0.25, 0.3) is 10.1 Å². The van der Waals surface area contributed by atoms with Crippen molar-refractivity contribution in [3.63, 3.8) is 0 Å². The average molecular weight is 308 g/mol. The molecule has 0 bridgehead atoms. The molecule has 0 radical (unpaired) electrons. The highest BCUT2D eigenvalue weighted by atomic mass is 32.2. The maximum atomic E-state index is 13.4. The standard InChI is InChI=1S/C12H14F2O5S/c1-12(17-6-7-18-12)4-5-19-20(15,16)11-3-2-9(13)8-10(11)14/h2-3,8H,4-7H2,1H3. The third-order valence-corrected chi connectivity index (χ3v) is 4.20. The molecule has 1 aliphatic heterocycles. The number of benzene rings is 1. The van der Waals surface area contributed by atoms with Gasteiger partial charge in [0, 0.05) is 12.5 Å². The Kier molecular flexibility index (Phi) is 4.38. The van der Waals surface area contributed by atoms with Gasteiger partial charge in [-0.05, 0) is 19.1 Å². The summed E-state index contributed by atoms with van der Waals surface area (Å²) in [4.78, 5) is -0.697. The molecule has 1 saturated heterocycles. The van der Waals surface area contributed by atoms with Crippen LogP contribution in [0.3, 0.4) is 0 Å². The van der Waals surface area contributed by atoms with E-state index < -0.39 is 32.4 Å². The van der Waals surface area contributed by atoms with Gasteiger partial charge in [0.15, 0.2) is 5.79 Å². The molecule has 0 unspecified atom stereocenters. The van der Waals surface area contributed by atoms with E-state index in [-0.39, 0.29) is 13.0 Å². The van der Waals surface area contributed by atoms with Crippen LogP contribution in [-0.4, -0.2) is 34.0 Å². The molecule has 1 aliphatic rings.